The third-order valence-electron chi connectivity index (χ3n) is 2.21. The number of hydrogen-bond acceptors (Lipinski definition) is 2. The van der Waals surface area contributed by atoms with Crippen molar-refractivity contribution in [3.05, 3.63) is 59.9 Å². The van der Waals surface area contributed by atoms with Gasteiger partial charge in [-0.2, -0.15) is 0 Å². The van der Waals surface area contributed by atoms with Crippen molar-refractivity contribution in [2.24, 2.45) is 0 Å². The van der Waals surface area contributed by atoms with Crippen LogP contribution in [0.15, 0.2) is 48.5 Å². The van der Waals surface area contributed by atoms with Crippen LogP contribution in [-0.2, 0) is 6.61 Å². The molecule has 0 saturated heterocycles. The van der Waals surface area contributed by atoms with Crippen LogP contribution < -0.4 is 10.5 Å². The maximum Gasteiger partial charge on any atom is 0.146 e. The van der Waals surface area contributed by atoms with Crippen LogP contribution >= 0.6 is 0 Å². The molecule has 0 unspecified atom stereocenters. The summed E-state index contributed by atoms with van der Waals surface area (Å²) in [4.78, 5) is 0. The van der Waals surface area contributed by atoms with Gasteiger partial charge in [0.1, 0.15) is 18.2 Å². The van der Waals surface area contributed by atoms with Crippen molar-refractivity contribution in [3.63, 3.8) is 0 Å². The largest absolute Gasteiger partial charge is 0.489 e. The molecule has 0 heterocycles. The molecule has 0 bridgehead atoms. The summed E-state index contributed by atoms with van der Waals surface area (Å²) in [5, 5.41) is 0. The van der Waals surface area contributed by atoms with Gasteiger partial charge in [0, 0.05) is 0 Å². The van der Waals surface area contributed by atoms with Crippen molar-refractivity contribution >= 4 is 5.69 Å². The Morgan fingerprint density at radius 2 is 1.81 bits per heavy atom. The van der Waals surface area contributed by atoms with E-state index in [2.05, 4.69) is 0 Å². The van der Waals surface area contributed by atoms with Crippen LogP contribution in [0.3, 0.4) is 0 Å². The first-order valence-electron chi connectivity index (χ1n) is 4.97. The Labute approximate surface area is 93.5 Å². The molecule has 2 aromatic carbocycles. The topological polar surface area (TPSA) is 35.2 Å². The minimum absolute atomic E-state index is 0.147. The Morgan fingerprint density at radius 3 is 2.50 bits per heavy atom. The second-order valence-corrected chi connectivity index (χ2v) is 3.46. The van der Waals surface area contributed by atoms with Crippen LogP contribution in [-0.4, -0.2) is 0 Å². The van der Waals surface area contributed by atoms with E-state index in [-0.39, 0.29) is 5.69 Å². The second kappa shape index (κ2) is 4.66. The number of hydrogen-bond donors (Lipinski definition) is 1. The molecule has 0 aromatic heterocycles. The van der Waals surface area contributed by atoms with Crippen molar-refractivity contribution in [1.82, 2.24) is 0 Å². The zero-order valence-electron chi connectivity index (χ0n) is 8.69. The van der Waals surface area contributed by atoms with Gasteiger partial charge in [0.2, 0.25) is 0 Å². The van der Waals surface area contributed by atoms with Crippen molar-refractivity contribution in [2.45, 2.75) is 6.61 Å². The summed E-state index contributed by atoms with van der Waals surface area (Å²) >= 11 is 0. The van der Waals surface area contributed by atoms with E-state index in [0.717, 1.165) is 11.3 Å². The van der Waals surface area contributed by atoms with E-state index in [4.69, 9.17) is 10.5 Å². The Balaban J connectivity index is 2.03. The van der Waals surface area contributed by atoms with Crippen LogP contribution in [0.5, 0.6) is 5.75 Å². The Kier molecular flexibility index (Phi) is 3.05. The van der Waals surface area contributed by atoms with Gasteiger partial charge in [0.25, 0.3) is 0 Å². The molecule has 0 radical (unpaired) electrons. The van der Waals surface area contributed by atoms with Crippen LogP contribution in [0, 0.1) is 5.82 Å². The highest BCUT2D eigenvalue weighted by Crippen LogP contribution is 2.15. The van der Waals surface area contributed by atoms with Gasteiger partial charge in [0.05, 0.1) is 5.69 Å². The summed E-state index contributed by atoms with van der Waals surface area (Å²) in [6.07, 6.45) is 0. The summed E-state index contributed by atoms with van der Waals surface area (Å²) in [5.74, 6) is 0.383. The summed E-state index contributed by atoms with van der Waals surface area (Å²) in [7, 11) is 0. The first-order valence-corrected chi connectivity index (χ1v) is 4.97. The lowest BCUT2D eigenvalue weighted by molar-refractivity contribution is 0.306. The molecule has 0 atom stereocenters. The van der Waals surface area contributed by atoms with E-state index < -0.39 is 5.82 Å². The van der Waals surface area contributed by atoms with Crippen molar-refractivity contribution < 1.29 is 9.13 Å². The number of anilines is 1. The fraction of sp³-hybridized carbons (Fsp3) is 0.0769. The van der Waals surface area contributed by atoms with Crippen molar-refractivity contribution in [2.75, 3.05) is 5.73 Å². The molecule has 82 valence electrons. The van der Waals surface area contributed by atoms with Crippen LogP contribution in [0.2, 0.25) is 0 Å². The maximum absolute atomic E-state index is 12.9. The Bertz CT molecular complexity index is 471. The molecule has 0 aliphatic heterocycles. The van der Waals surface area contributed by atoms with E-state index >= 15 is 0 Å². The van der Waals surface area contributed by atoms with E-state index in [1.54, 1.807) is 12.1 Å². The predicted octanol–water partition coefficient (Wildman–Crippen LogP) is 2.99. The van der Waals surface area contributed by atoms with E-state index in [1.807, 2.05) is 30.3 Å². The Morgan fingerprint density at radius 1 is 1.06 bits per heavy atom. The lowest BCUT2D eigenvalue weighted by Crippen LogP contribution is -1.98. The average molecular weight is 217 g/mol. The number of nitrogens with two attached hydrogens (primary N) is 1. The maximum atomic E-state index is 12.9. The summed E-state index contributed by atoms with van der Waals surface area (Å²) in [5.41, 5.74) is 6.46. The van der Waals surface area contributed by atoms with Crippen LogP contribution in [0.1, 0.15) is 5.56 Å². The third-order valence-corrected chi connectivity index (χ3v) is 2.21. The first kappa shape index (κ1) is 10.5. The summed E-state index contributed by atoms with van der Waals surface area (Å²) in [6.45, 7) is 0.383. The van der Waals surface area contributed by atoms with E-state index in [1.165, 1.54) is 6.07 Å². The zero-order chi connectivity index (χ0) is 11.4. The van der Waals surface area contributed by atoms with Crippen LogP contribution in [0.25, 0.3) is 0 Å². The highest BCUT2D eigenvalue weighted by Gasteiger charge is 2.00. The van der Waals surface area contributed by atoms with E-state index in [0.29, 0.717) is 6.61 Å². The van der Waals surface area contributed by atoms with E-state index in [9.17, 15) is 4.39 Å². The molecule has 0 fully saturated rings. The number of nitrogen functional groups attached to an aromatic ring is 1. The summed E-state index contributed by atoms with van der Waals surface area (Å²) < 4.78 is 18.4. The SMILES string of the molecule is Nc1cc(COc2ccccc2)ccc1F. The Hall–Kier alpha value is -2.03. The fourth-order valence-electron chi connectivity index (χ4n) is 1.37. The monoisotopic (exact) mass is 217 g/mol. The highest BCUT2D eigenvalue weighted by atomic mass is 19.1. The molecule has 2 nitrogen and oxygen atoms in total. The second-order valence-electron chi connectivity index (χ2n) is 3.46. The number of para-hydroxylation sites is 1. The molecule has 0 spiro atoms. The minimum Gasteiger partial charge on any atom is -0.489 e. The first-order chi connectivity index (χ1) is 7.75. The number of ether oxygens (including phenoxy) is 1. The molecule has 0 amide bonds. The number of rotatable bonds is 3. The quantitative estimate of drug-likeness (QED) is 0.802. The summed E-state index contributed by atoms with van der Waals surface area (Å²) in [6, 6.07) is 14.0. The third kappa shape index (κ3) is 2.51. The molecular weight excluding hydrogens is 205 g/mol. The van der Waals surface area contributed by atoms with Gasteiger partial charge in [-0.25, -0.2) is 4.39 Å². The molecule has 3 heteroatoms. The van der Waals surface area contributed by atoms with Gasteiger partial charge < -0.3 is 10.5 Å². The molecule has 16 heavy (non-hydrogen) atoms. The number of benzene rings is 2. The predicted molar refractivity (Wildman–Crippen MR) is 61.6 cm³/mol. The van der Waals surface area contributed by atoms with Gasteiger partial charge in [-0.1, -0.05) is 24.3 Å². The van der Waals surface area contributed by atoms with Crippen molar-refractivity contribution in [1.29, 1.82) is 0 Å². The van der Waals surface area contributed by atoms with Gasteiger partial charge in [-0.3, -0.25) is 0 Å². The minimum atomic E-state index is -0.400. The number of halogens is 1. The molecule has 0 saturated carbocycles. The van der Waals surface area contributed by atoms with Gasteiger partial charge in [0.15, 0.2) is 0 Å². The normalized spacial score (nSPS) is 10.1. The molecule has 2 aromatic rings. The molecular formula is C13H12FNO. The lowest BCUT2D eigenvalue weighted by atomic mass is 10.2. The lowest BCUT2D eigenvalue weighted by Gasteiger charge is -2.06. The van der Waals surface area contributed by atoms with Gasteiger partial charge in [-0.05, 0) is 29.8 Å². The molecule has 0 aliphatic carbocycles. The standard InChI is InChI=1S/C13H12FNO/c14-12-7-6-10(8-13(12)15)9-16-11-4-2-1-3-5-11/h1-8H,9,15H2. The highest BCUT2D eigenvalue weighted by molar-refractivity contribution is 5.42. The van der Waals surface area contributed by atoms with Crippen molar-refractivity contribution in [3.8, 4) is 5.75 Å². The van der Waals surface area contributed by atoms with Gasteiger partial charge >= 0.3 is 0 Å². The molecule has 0 aliphatic rings. The molecule has 2 N–H and O–H groups in total. The van der Waals surface area contributed by atoms with Gasteiger partial charge in [-0.15, -0.1) is 0 Å². The average Bonchev–Trinajstić information content (AvgIpc) is 2.32. The zero-order valence-corrected chi connectivity index (χ0v) is 8.69. The molecule has 2 rings (SSSR count). The fourth-order valence-corrected chi connectivity index (χ4v) is 1.37. The smallest absolute Gasteiger partial charge is 0.146 e. The van der Waals surface area contributed by atoms with Crippen LogP contribution in [0.4, 0.5) is 10.1 Å².